The molecule has 0 aromatic carbocycles. The standard InChI is InChI=1S/C50H96O6/c1-5-8-10-12-14-16-18-19-20-21-23-25-31-35-39-43-50(53)56-47(44-54-48(51)41-37-33-29-24-22-17-15-13-11-9-6-2)45-55-49(52)42-38-34-30-27-26-28-32-36-40-46(4)7-3/h46-47H,5-45H2,1-4H3/t46?,47-/m0/s1. The van der Waals surface area contributed by atoms with Crippen LogP contribution in [0.3, 0.4) is 0 Å². The second-order valence-electron chi connectivity index (χ2n) is 17.3. The van der Waals surface area contributed by atoms with Crippen molar-refractivity contribution >= 4 is 17.9 Å². The maximum Gasteiger partial charge on any atom is 0.306 e. The van der Waals surface area contributed by atoms with Crippen molar-refractivity contribution in [1.29, 1.82) is 0 Å². The Morgan fingerprint density at radius 3 is 0.929 bits per heavy atom. The fraction of sp³-hybridized carbons (Fsp3) is 0.940. The second-order valence-corrected chi connectivity index (χ2v) is 17.3. The Labute approximate surface area is 348 Å². The van der Waals surface area contributed by atoms with Crippen molar-refractivity contribution in [3.05, 3.63) is 0 Å². The van der Waals surface area contributed by atoms with E-state index in [1.54, 1.807) is 0 Å². The molecule has 0 aliphatic rings. The van der Waals surface area contributed by atoms with Crippen molar-refractivity contribution in [3.8, 4) is 0 Å². The zero-order valence-electron chi connectivity index (χ0n) is 38.1. The van der Waals surface area contributed by atoms with Gasteiger partial charge in [-0.1, -0.05) is 240 Å². The highest BCUT2D eigenvalue weighted by atomic mass is 16.6. The van der Waals surface area contributed by atoms with Crippen LogP contribution >= 0.6 is 0 Å². The maximum atomic E-state index is 12.8. The molecule has 0 aliphatic heterocycles. The maximum absolute atomic E-state index is 12.8. The quantitative estimate of drug-likeness (QED) is 0.0347. The third-order valence-electron chi connectivity index (χ3n) is 11.7. The number of carbonyl (C=O) groups is 3. The summed E-state index contributed by atoms with van der Waals surface area (Å²) in [5.41, 5.74) is 0. The van der Waals surface area contributed by atoms with Gasteiger partial charge in [0.25, 0.3) is 0 Å². The second kappa shape index (κ2) is 44.5. The molecular formula is C50H96O6. The monoisotopic (exact) mass is 793 g/mol. The van der Waals surface area contributed by atoms with Gasteiger partial charge < -0.3 is 14.2 Å². The van der Waals surface area contributed by atoms with Crippen molar-refractivity contribution in [2.45, 2.75) is 284 Å². The van der Waals surface area contributed by atoms with Gasteiger partial charge >= 0.3 is 17.9 Å². The summed E-state index contributed by atoms with van der Waals surface area (Å²) in [7, 11) is 0. The molecule has 6 heteroatoms. The minimum atomic E-state index is -0.760. The van der Waals surface area contributed by atoms with E-state index in [9.17, 15) is 14.4 Å². The third kappa shape index (κ3) is 42.0. The number of unbranched alkanes of at least 4 members (excludes halogenated alkanes) is 31. The number of hydrogen-bond acceptors (Lipinski definition) is 6. The summed E-state index contributed by atoms with van der Waals surface area (Å²) in [5, 5.41) is 0. The molecule has 0 aromatic rings. The fourth-order valence-electron chi connectivity index (χ4n) is 7.48. The molecule has 332 valence electrons. The molecule has 0 saturated carbocycles. The minimum absolute atomic E-state index is 0.0634. The van der Waals surface area contributed by atoms with Crippen LogP contribution in [0, 0.1) is 5.92 Å². The third-order valence-corrected chi connectivity index (χ3v) is 11.7. The first-order chi connectivity index (χ1) is 27.4. The van der Waals surface area contributed by atoms with Gasteiger partial charge in [0.15, 0.2) is 6.10 Å². The lowest BCUT2D eigenvalue weighted by Crippen LogP contribution is -2.30. The van der Waals surface area contributed by atoms with Gasteiger partial charge in [-0.05, 0) is 25.2 Å². The molecule has 0 spiro atoms. The first kappa shape index (κ1) is 54.4. The van der Waals surface area contributed by atoms with Gasteiger partial charge in [-0.2, -0.15) is 0 Å². The highest BCUT2D eigenvalue weighted by molar-refractivity contribution is 5.71. The molecular weight excluding hydrogens is 697 g/mol. The summed E-state index contributed by atoms with van der Waals surface area (Å²) < 4.78 is 16.8. The lowest BCUT2D eigenvalue weighted by atomic mass is 9.99. The van der Waals surface area contributed by atoms with Crippen molar-refractivity contribution in [2.75, 3.05) is 13.2 Å². The van der Waals surface area contributed by atoms with Crippen LogP contribution in [0.4, 0.5) is 0 Å². The molecule has 0 bridgehead atoms. The van der Waals surface area contributed by atoms with E-state index >= 15 is 0 Å². The number of carbonyl (C=O) groups excluding carboxylic acids is 3. The van der Waals surface area contributed by atoms with E-state index in [0.29, 0.717) is 19.3 Å². The SMILES string of the molecule is CCCCCCCCCCCCCCCCCC(=O)O[C@@H](COC(=O)CCCCCCCCCCCCC)COC(=O)CCCCCCCCCCC(C)CC. The summed E-state index contributed by atoms with van der Waals surface area (Å²) in [6.45, 7) is 9.02. The Hall–Kier alpha value is -1.59. The van der Waals surface area contributed by atoms with Crippen LogP contribution in [0.15, 0.2) is 0 Å². The molecule has 0 radical (unpaired) electrons. The Morgan fingerprint density at radius 1 is 0.357 bits per heavy atom. The highest BCUT2D eigenvalue weighted by Gasteiger charge is 2.19. The molecule has 0 N–H and O–H groups in total. The van der Waals surface area contributed by atoms with E-state index in [-0.39, 0.29) is 31.1 Å². The lowest BCUT2D eigenvalue weighted by Gasteiger charge is -2.18. The van der Waals surface area contributed by atoms with Crippen molar-refractivity contribution in [2.24, 2.45) is 5.92 Å². The first-order valence-corrected chi connectivity index (χ1v) is 24.9. The number of esters is 3. The van der Waals surface area contributed by atoms with Crippen LogP contribution in [-0.2, 0) is 28.6 Å². The fourth-order valence-corrected chi connectivity index (χ4v) is 7.48. The largest absolute Gasteiger partial charge is 0.462 e. The van der Waals surface area contributed by atoms with Gasteiger partial charge in [-0.25, -0.2) is 0 Å². The van der Waals surface area contributed by atoms with Crippen LogP contribution in [0.2, 0.25) is 0 Å². The number of hydrogen-bond donors (Lipinski definition) is 0. The Kier molecular flexibility index (Phi) is 43.2. The number of ether oxygens (including phenoxy) is 3. The minimum Gasteiger partial charge on any atom is -0.462 e. The lowest BCUT2D eigenvalue weighted by molar-refractivity contribution is -0.167. The summed E-state index contributed by atoms with van der Waals surface area (Å²) in [4.78, 5) is 37.8. The molecule has 0 aliphatic carbocycles. The predicted octanol–water partition coefficient (Wildman–Crippen LogP) is 15.9. The van der Waals surface area contributed by atoms with Crippen molar-refractivity contribution in [1.82, 2.24) is 0 Å². The molecule has 6 nitrogen and oxygen atoms in total. The van der Waals surface area contributed by atoms with E-state index in [4.69, 9.17) is 14.2 Å². The zero-order valence-corrected chi connectivity index (χ0v) is 38.1. The van der Waals surface area contributed by atoms with E-state index in [0.717, 1.165) is 63.7 Å². The summed E-state index contributed by atoms with van der Waals surface area (Å²) in [6, 6.07) is 0. The van der Waals surface area contributed by atoms with Gasteiger partial charge in [0.2, 0.25) is 0 Å². The van der Waals surface area contributed by atoms with E-state index in [1.165, 1.54) is 173 Å². The zero-order chi connectivity index (χ0) is 41.0. The molecule has 0 saturated heterocycles. The van der Waals surface area contributed by atoms with Crippen LogP contribution in [0.25, 0.3) is 0 Å². The summed E-state index contributed by atoms with van der Waals surface area (Å²) >= 11 is 0. The Balaban J connectivity index is 4.32. The molecule has 1 unspecified atom stereocenters. The first-order valence-electron chi connectivity index (χ1n) is 24.9. The van der Waals surface area contributed by atoms with E-state index < -0.39 is 6.10 Å². The molecule has 0 amide bonds. The number of rotatable bonds is 45. The highest BCUT2D eigenvalue weighted by Crippen LogP contribution is 2.17. The average molecular weight is 793 g/mol. The van der Waals surface area contributed by atoms with Gasteiger partial charge in [0.1, 0.15) is 13.2 Å². The average Bonchev–Trinajstić information content (AvgIpc) is 3.19. The topological polar surface area (TPSA) is 78.9 Å². The normalized spacial score (nSPS) is 12.4. The molecule has 56 heavy (non-hydrogen) atoms. The Morgan fingerprint density at radius 2 is 0.625 bits per heavy atom. The molecule has 0 heterocycles. The summed E-state index contributed by atoms with van der Waals surface area (Å²) in [5.74, 6) is -0.00104. The smallest absolute Gasteiger partial charge is 0.306 e. The van der Waals surface area contributed by atoms with E-state index in [1.807, 2.05) is 0 Å². The van der Waals surface area contributed by atoms with Crippen LogP contribution in [0.5, 0.6) is 0 Å². The molecule has 0 rings (SSSR count). The molecule has 0 aromatic heterocycles. The van der Waals surface area contributed by atoms with Gasteiger partial charge in [-0.15, -0.1) is 0 Å². The Bertz CT molecular complexity index is 843. The van der Waals surface area contributed by atoms with Gasteiger partial charge in [0, 0.05) is 19.3 Å². The molecule has 2 atom stereocenters. The van der Waals surface area contributed by atoms with Crippen LogP contribution in [0.1, 0.15) is 278 Å². The van der Waals surface area contributed by atoms with Crippen molar-refractivity contribution < 1.29 is 28.6 Å². The van der Waals surface area contributed by atoms with E-state index in [2.05, 4.69) is 27.7 Å². The molecule has 0 fully saturated rings. The van der Waals surface area contributed by atoms with Gasteiger partial charge in [-0.3, -0.25) is 14.4 Å². The summed E-state index contributed by atoms with van der Waals surface area (Å²) in [6.07, 6.45) is 45.1. The van der Waals surface area contributed by atoms with Crippen LogP contribution in [-0.4, -0.2) is 37.2 Å². The van der Waals surface area contributed by atoms with Crippen molar-refractivity contribution in [3.63, 3.8) is 0 Å². The van der Waals surface area contributed by atoms with Gasteiger partial charge in [0.05, 0.1) is 0 Å². The predicted molar refractivity (Wildman–Crippen MR) is 238 cm³/mol. The van der Waals surface area contributed by atoms with Crippen LogP contribution < -0.4 is 0 Å².